The summed E-state index contributed by atoms with van der Waals surface area (Å²) in [6, 6.07) is 0.618. The van der Waals surface area contributed by atoms with Crippen LogP contribution in [0, 0.1) is 5.92 Å². The maximum atomic E-state index is 12.7. The molecule has 0 radical (unpaired) electrons. The van der Waals surface area contributed by atoms with Gasteiger partial charge in [-0.1, -0.05) is 0 Å². The van der Waals surface area contributed by atoms with Crippen molar-refractivity contribution in [2.75, 3.05) is 39.3 Å². The van der Waals surface area contributed by atoms with E-state index in [2.05, 4.69) is 15.1 Å². The van der Waals surface area contributed by atoms with E-state index in [-0.39, 0.29) is 12.0 Å². The number of aliphatic hydroxyl groups excluding tert-OH is 1. The van der Waals surface area contributed by atoms with Crippen LogP contribution >= 0.6 is 0 Å². The van der Waals surface area contributed by atoms with Crippen molar-refractivity contribution in [2.45, 2.75) is 57.1 Å². The first-order chi connectivity index (χ1) is 10.7. The van der Waals surface area contributed by atoms with E-state index >= 15 is 0 Å². The summed E-state index contributed by atoms with van der Waals surface area (Å²) in [5, 5.41) is 13.0. The molecule has 3 aliphatic heterocycles. The topological polar surface area (TPSA) is 55.8 Å². The first kappa shape index (κ1) is 16.2. The summed E-state index contributed by atoms with van der Waals surface area (Å²) < 4.78 is 0. The van der Waals surface area contributed by atoms with Crippen molar-refractivity contribution in [1.29, 1.82) is 0 Å². The van der Waals surface area contributed by atoms with Crippen molar-refractivity contribution in [2.24, 2.45) is 5.92 Å². The molecule has 2 N–H and O–H groups in total. The summed E-state index contributed by atoms with van der Waals surface area (Å²) >= 11 is 0. The number of hydrogen-bond acceptors (Lipinski definition) is 4. The Morgan fingerprint density at radius 2 is 1.64 bits per heavy atom. The molecule has 22 heavy (non-hydrogen) atoms. The van der Waals surface area contributed by atoms with Crippen molar-refractivity contribution in [1.82, 2.24) is 15.1 Å². The van der Waals surface area contributed by atoms with Gasteiger partial charge in [0.2, 0.25) is 5.91 Å². The molecule has 0 aliphatic carbocycles. The summed E-state index contributed by atoms with van der Waals surface area (Å²) in [5.74, 6) is 0.646. The number of likely N-dealkylation sites (tertiary alicyclic amines) is 2. The molecule has 3 rings (SSSR count). The third kappa shape index (κ3) is 4.00. The number of carbonyl (C=O) groups excluding carboxylic acids is 1. The van der Waals surface area contributed by atoms with Gasteiger partial charge in [-0.2, -0.15) is 0 Å². The Morgan fingerprint density at radius 3 is 2.36 bits per heavy atom. The molecular formula is C17H31N3O2. The van der Waals surface area contributed by atoms with Crippen LogP contribution in [0.15, 0.2) is 0 Å². The summed E-state index contributed by atoms with van der Waals surface area (Å²) in [6.07, 6.45) is 7.12. The lowest BCUT2D eigenvalue weighted by atomic mass is 9.95. The number of aliphatic hydroxyl groups is 1. The van der Waals surface area contributed by atoms with Gasteiger partial charge in [0.1, 0.15) is 0 Å². The molecule has 0 aromatic carbocycles. The molecule has 126 valence electrons. The SMILES string of the molecule is O=C([C@H]1CCCNCC1)N1CCC(N2CCC(O)CC2)CC1. The molecule has 3 fully saturated rings. The van der Waals surface area contributed by atoms with Gasteiger partial charge in [-0.25, -0.2) is 0 Å². The molecular weight excluding hydrogens is 278 g/mol. The van der Waals surface area contributed by atoms with Gasteiger partial charge in [0.25, 0.3) is 0 Å². The lowest BCUT2D eigenvalue weighted by Gasteiger charge is -2.41. The zero-order valence-corrected chi connectivity index (χ0v) is 13.7. The largest absolute Gasteiger partial charge is 0.393 e. The minimum absolute atomic E-state index is 0.0956. The third-order valence-electron chi connectivity index (χ3n) is 5.72. The highest BCUT2D eigenvalue weighted by Crippen LogP contribution is 2.24. The fraction of sp³-hybridized carbons (Fsp3) is 0.941. The second-order valence-electron chi connectivity index (χ2n) is 7.20. The summed E-state index contributed by atoms with van der Waals surface area (Å²) in [4.78, 5) is 17.3. The van der Waals surface area contributed by atoms with Gasteiger partial charge in [0, 0.05) is 38.1 Å². The average molecular weight is 309 g/mol. The predicted octanol–water partition coefficient (Wildman–Crippen LogP) is 0.824. The number of nitrogens with zero attached hydrogens (tertiary/aromatic N) is 2. The fourth-order valence-corrected chi connectivity index (χ4v) is 4.23. The van der Waals surface area contributed by atoms with Gasteiger partial charge >= 0.3 is 0 Å². The number of rotatable bonds is 2. The van der Waals surface area contributed by atoms with Crippen LogP contribution in [-0.4, -0.2) is 72.2 Å². The Bertz CT molecular complexity index is 353. The van der Waals surface area contributed by atoms with Crippen LogP contribution in [-0.2, 0) is 4.79 Å². The quantitative estimate of drug-likeness (QED) is 0.793. The van der Waals surface area contributed by atoms with Gasteiger partial charge < -0.3 is 20.2 Å². The van der Waals surface area contributed by atoms with Crippen molar-refractivity contribution in [3.05, 3.63) is 0 Å². The normalized spacial score (nSPS) is 30.2. The van der Waals surface area contributed by atoms with Crippen LogP contribution in [0.1, 0.15) is 44.9 Å². The highest BCUT2D eigenvalue weighted by atomic mass is 16.3. The molecule has 3 saturated heterocycles. The Balaban J connectivity index is 1.45. The molecule has 3 heterocycles. The standard InChI is InChI=1S/C17H31N3O2/c21-16-6-12-19(13-7-16)15-4-10-20(11-5-15)17(22)14-2-1-8-18-9-3-14/h14-16,18,21H,1-13H2/t14-/m0/s1. The number of hydrogen-bond donors (Lipinski definition) is 2. The lowest BCUT2D eigenvalue weighted by Crippen LogP contribution is -2.50. The van der Waals surface area contributed by atoms with Crippen molar-refractivity contribution in [3.8, 4) is 0 Å². The second kappa shape index (κ2) is 7.75. The summed E-state index contributed by atoms with van der Waals surface area (Å²) in [7, 11) is 0. The smallest absolute Gasteiger partial charge is 0.225 e. The number of nitrogens with one attached hydrogen (secondary N) is 1. The average Bonchev–Trinajstić information content (AvgIpc) is 2.84. The third-order valence-corrected chi connectivity index (χ3v) is 5.72. The predicted molar refractivity (Wildman–Crippen MR) is 86.6 cm³/mol. The monoisotopic (exact) mass is 309 g/mol. The molecule has 0 bridgehead atoms. The van der Waals surface area contributed by atoms with Gasteiger partial charge in [0.15, 0.2) is 0 Å². The Kier molecular flexibility index (Phi) is 5.71. The van der Waals surface area contributed by atoms with Gasteiger partial charge in [-0.15, -0.1) is 0 Å². The van der Waals surface area contributed by atoms with Crippen molar-refractivity contribution >= 4 is 5.91 Å². The maximum Gasteiger partial charge on any atom is 0.225 e. The van der Waals surface area contributed by atoms with Crippen LogP contribution < -0.4 is 5.32 Å². The van der Waals surface area contributed by atoms with Crippen LogP contribution in [0.3, 0.4) is 0 Å². The molecule has 5 heteroatoms. The lowest BCUT2D eigenvalue weighted by molar-refractivity contribution is -0.137. The van der Waals surface area contributed by atoms with Crippen LogP contribution in [0.4, 0.5) is 0 Å². The summed E-state index contributed by atoms with van der Waals surface area (Å²) in [6.45, 7) is 5.94. The molecule has 5 nitrogen and oxygen atoms in total. The fourth-order valence-electron chi connectivity index (χ4n) is 4.23. The van der Waals surface area contributed by atoms with Crippen LogP contribution in [0.25, 0.3) is 0 Å². The number of piperidine rings is 2. The van der Waals surface area contributed by atoms with Crippen molar-refractivity contribution < 1.29 is 9.90 Å². The zero-order valence-electron chi connectivity index (χ0n) is 13.7. The van der Waals surface area contributed by atoms with E-state index in [1.165, 1.54) is 0 Å². The number of carbonyl (C=O) groups is 1. The highest BCUT2D eigenvalue weighted by Gasteiger charge is 2.31. The minimum atomic E-state index is -0.0956. The van der Waals surface area contributed by atoms with Gasteiger partial charge in [-0.05, 0) is 58.0 Å². The molecule has 0 aromatic heterocycles. The number of amides is 1. The molecule has 0 saturated carbocycles. The molecule has 0 aromatic rings. The Morgan fingerprint density at radius 1 is 0.909 bits per heavy atom. The Labute approximate surface area is 134 Å². The molecule has 0 spiro atoms. The Hall–Kier alpha value is -0.650. The van der Waals surface area contributed by atoms with E-state index in [0.717, 1.165) is 84.2 Å². The summed E-state index contributed by atoms with van der Waals surface area (Å²) in [5.41, 5.74) is 0. The second-order valence-corrected chi connectivity index (χ2v) is 7.20. The van der Waals surface area contributed by atoms with E-state index < -0.39 is 0 Å². The van der Waals surface area contributed by atoms with E-state index in [9.17, 15) is 9.90 Å². The molecule has 1 amide bonds. The zero-order chi connectivity index (χ0) is 15.4. The highest BCUT2D eigenvalue weighted by molar-refractivity contribution is 5.79. The maximum absolute atomic E-state index is 12.7. The van der Waals surface area contributed by atoms with E-state index in [0.29, 0.717) is 11.9 Å². The van der Waals surface area contributed by atoms with Gasteiger partial charge in [0.05, 0.1) is 6.10 Å². The molecule has 0 unspecified atom stereocenters. The van der Waals surface area contributed by atoms with E-state index in [1.807, 2.05) is 0 Å². The van der Waals surface area contributed by atoms with E-state index in [4.69, 9.17) is 0 Å². The van der Waals surface area contributed by atoms with Crippen LogP contribution in [0.2, 0.25) is 0 Å². The first-order valence-electron chi connectivity index (χ1n) is 9.15. The molecule has 3 aliphatic rings. The molecule has 1 atom stereocenters. The van der Waals surface area contributed by atoms with Crippen LogP contribution in [0.5, 0.6) is 0 Å². The van der Waals surface area contributed by atoms with Crippen molar-refractivity contribution in [3.63, 3.8) is 0 Å². The minimum Gasteiger partial charge on any atom is -0.393 e. The first-order valence-corrected chi connectivity index (χ1v) is 9.15. The van der Waals surface area contributed by atoms with E-state index in [1.54, 1.807) is 0 Å². The van der Waals surface area contributed by atoms with Gasteiger partial charge in [-0.3, -0.25) is 4.79 Å².